The van der Waals surface area contributed by atoms with Gasteiger partial charge in [0.15, 0.2) is 5.82 Å². The predicted octanol–water partition coefficient (Wildman–Crippen LogP) is 4.28. The monoisotopic (exact) mass is 409 g/mol. The fourth-order valence-corrected chi connectivity index (χ4v) is 3.19. The summed E-state index contributed by atoms with van der Waals surface area (Å²) >= 11 is 6.06. The maximum Gasteiger partial charge on any atom is 0.323 e. The van der Waals surface area contributed by atoms with E-state index in [0.717, 1.165) is 30.2 Å². The molecule has 2 heterocycles. The second kappa shape index (κ2) is 8.89. The summed E-state index contributed by atoms with van der Waals surface area (Å²) in [6.07, 6.45) is 0. The Morgan fingerprint density at radius 3 is 2.38 bits per heavy atom. The van der Waals surface area contributed by atoms with Crippen molar-refractivity contribution in [3.05, 3.63) is 65.7 Å². The number of nitrogens with zero attached hydrogens (tertiary/aromatic N) is 3. The minimum atomic E-state index is -0.361. The fraction of sp³-hybridized carbons (Fsp3) is 0.190. The smallest absolute Gasteiger partial charge is 0.323 e. The quantitative estimate of drug-likeness (QED) is 0.672. The zero-order chi connectivity index (χ0) is 20.1. The van der Waals surface area contributed by atoms with E-state index in [1.165, 1.54) is 0 Å². The number of anilines is 3. The van der Waals surface area contributed by atoms with Crippen LogP contribution in [0.2, 0.25) is 5.02 Å². The Labute approximate surface area is 173 Å². The van der Waals surface area contributed by atoms with Gasteiger partial charge in [-0.2, -0.15) is 0 Å². The summed E-state index contributed by atoms with van der Waals surface area (Å²) in [5.74, 6) is 0.853. The second-order valence-electron chi connectivity index (χ2n) is 6.51. The Bertz CT molecular complexity index is 973. The van der Waals surface area contributed by atoms with Crippen LogP contribution in [0.15, 0.2) is 60.7 Å². The second-order valence-corrected chi connectivity index (χ2v) is 6.92. The first-order valence-corrected chi connectivity index (χ1v) is 9.66. The van der Waals surface area contributed by atoms with Gasteiger partial charge in [-0.15, -0.1) is 10.2 Å². The van der Waals surface area contributed by atoms with E-state index in [0.29, 0.717) is 29.6 Å². The van der Waals surface area contributed by atoms with Crippen molar-refractivity contribution < 1.29 is 9.53 Å². The number of hydrogen-bond donors (Lipinski definition) is 2. The molecule has 2 aromatic carbocycles. The number of amides is 2. The molecule has 0 aliphatic carbocycles. The molecule has 148 valence electrons. The van der Waals surface area contributed by atoms with E-state index in [1.807, 2.05) is 42.5 Å². The molecule has 0 saturated carbocycles. The number of ether oxygens (including phenoxy) is 1. The maximum absolute atomic E-state index is 12.2. The third-order valence-corrected chi connectivity index (χ3v) is 4.88. The zero-order valence-corrected chi connectivity index (χ0v) is 16.4. The van der Waals surface area contributed by atoms with Gasteiger partial charge < -0.3 is 20.3 Å². The molecule has 1 aromatic heterocycles. The highest BCUT2D eigenvalue weighted by atomic mass is 35.5. The number of halogens is 1. The van der Waals surface area contributed by atoms with Gasteiger partial charge in [0.2, 0.25) is 0 Å². The van der Waals surface area contributed by atoms with E-state index < -0.39 is 0 Å². The molecule has 1 fully saturated rings. The van der Waals surface area contributed by atoms with Crippen LogP contribution in [0, 0.1) is 0 Å². The van der Waals surface area contributed by atoms with Crippen LogP contribution in [0.25, 0.3) is 11.3 Å². The Hall–Kier alpha value is -3.16. The lowest BCUT2D eigenvalue weighted by molar-refractivity contribution is 0.122. The molecule has 3 aromatic rings. The zero-order valence-electron chi connectivity index (χ0n) is 15.6. The van der Waals surface area contributed by atoms with Crippen molar-refractivity contribution in [3.63, 3.8) is 0 Å². The van der Waals surface area contributed by atoms with E-state index in [4.69, 9.17) is 16.3 Å². The van der Waals surface area contributed by atoms with E-state index in [2.05, 4.69) is 25.7 Å². The van der Waals surface area contributed by atoms with Gasteiger partial charge >= 0.3 is 6.03 Å². The third-order valence-electron chi connectivity index (χ3n) is 4.55. The van der Waals surface area contributed by atoms with Crippen LogP contribution in [0.1, 0.15) is 0 Å². The largest absolute Gasteiger partial charge is 0.378 e. The summed E-state index contributed by atoms with van der Waals surface area (Å²) in [5.41, 5.74) is 2.91. The highest BCUT2D eigenvalue weighted by Crippen LogP contribution is 2.23. The molecular weight excluding hydrogens is 390 g/mol. The van der Waals surface area contributed by atoms with Crippen LogP contribution < -0.4 is 15.5 Å². The molecule has 0 unspecified atom stereocenters. The van der Waals surface area contributed by atoms with E-state index in [-0.39, 0.29) is 6.03 Å². The Morgan fingerprint density at radius 1 is 0.931 bits per heavy atom. The summed E-state index contributed by atoms with van der Waals surface area (Å²) < 4.78 is 5.36. The molecule has 0 radical (unpaired) electrons. The summed E-state index contributed by atoms with van der Waals surface area (Å²) in [4.78, 5) is 14.3. The van der Waals surface area contributed by atoms with Crippen molar-refractivity contribution in [3.8, 4) is 11.3 Å². The number of morpholine rings is 1. The summed E-state index contributed by atoms with van der Waals surface area (Å²) in [6, 6.07) is 18.1. The number of hydrogen-bond acceptors (Lipinski definition) is 5. The molecule has 29 heavy (non-hydrogen) atoms. The molecule has 8 heteroatoms. The van der Waals surface area contributed by atoms with Gasteiger partial charge in [0.05, 0.1) is 29.6 Å². The first kappa shape index (κ1) is 19.2. The van der Waals surface area contributed by atoms with Gasteiger partial charge in [0, 0.05) is 24.3 Å². The van der Waals surface area contributed by atoms with Crippen LogP contribution >= 0.6 is 11.6 Å². The topological polar surface area (TPSA) is 79.4 Å². The molecule has 2 N–H and O–H groups in total. The lowest BCUT2D eigenvalue weighted by atomic mass is 10.1. The van der Waals surface area contributed by atoms with Gasteiger partial charge in [0.25, 0.3) is 0 Å². The van der Waals surface area contributed by atoms with E-state index >= 15 is 0 Å². The Balaban J connectivity index is 1.38. The third kappa shape index (κ3) is 4.82. The highest BCUT2D eigenvalue weighted by Gasteiger charge is 2.13. The summed E-state index contributed by atoms with van der Waals surface area (Å²) in [5, 5.41) is 14.7. The summed E-state index contributed by atoms with van der Waals surface area (Å²) in [7, 11) is 0. The van der Waals surface area contributed by atoms with Crippen molar-refractivity contribution in [1.29, 1.82) is 0 Å². The number of aromatic nitrogens is 2. The number of para-hydroxylation sites is 1. The molecule has 4 rings (SSSR count). The maximum atomic E-state index is 12.2. The molecule has 1 saturated heterocycles. The number of carbonyl (C=O) groups excluding carboxylic acids is 1. The van der Waals surface area contributed by atoms with Gasteiger partial charge in [-0.05, 0) is 36.4 Å². The average Bonchev–Trinajstić information content (AvgIpc) is 2.77. The van der Waals surface area contributed by atoms with Crippen LogP contribution in [0.3, 0.4) is 0 Å². The van der Waals surface area contributed by atoms with Crippen LogP contribution in [0.4, 0.5) is 22.0 Å². The number of nitrogens with one attached hydrogen (secondary N) is 2. The minimum Gasteiger partial charge on any atom is -0.378 e. The lowest BCUT2D eigenvalue weighted by Crippen LogP contribution is -2.36. The number of benzene rings is 2. The number of urea groups is 1. The molecule has 0 bridgehead atoms. The van der Waals surface area contributed by atoms with Gasteiger partial charge in [0.1, 0.15) is 0 Å². The van der Waals surface area contributed by atoms with Crippen LogP contribution in [0.5, 0.6) is 0 Å². The molecule has 0 spiro atoms. The first-order chi connectivity index (χ1) is 14.2. The predicted molar refractivity (Wildman–Crippen MR) is 115 cm³/mol. The lowest BCUT2D eigenvalue weighted by Gasteiger charge is -2.27. The molecule has 1 aliphatic heterocycles. The summed E-state index contributed by atoms with van der Waals surface area (Å²) in [6.45, 7) is 3.07. The molecular formula is C21H20ClN5O2. The molecule has 2 amide bonds. The molecule has 1 aliphatic rings. The van der Waals surface area contributed by atoms with Gasteiger partial charge in [-0.25, -0.2) is 4.79 Å². The minimum absolute atomic E-state index is 0.361. The van der Waals surface area contributed by atoms with Crippen molar-refractivity contribution in [2.75, 3.05) is 41.8 Å². The van der Waals surface area contributed by atoms with Crippen LogP contribution in [-0.4, -0.2) is 42.5 Å². The van der Waals surface area contributed by atoms with Crippen molar-refractivity contribution in [2.24, 2.45) is 0 Å². The van der Waals surface area contributed by atoms with Crippen molar-refractivity contribution >= 4 is 34.8 Å². The number of carbonyl (C=O) groups is 1. The van der Waals surface area contributed by atoms with Crippen molar-refractivity contribution in [1.82, 2.24) is 10.2 Å². The Kier molecular flexibility index (Phi) is 5.88. The van der Waals surface area contributed by atoms with Crippen molar-refractivity contribution in [2.45, 2.75) is 0 Å². The Morgan fingerprint density at radius 2 is 1.69 bits per heavy atom. The molecule has 0 atom stereocenters. The normalized spacial score (nSPS) is 13.8. The first-order valence-electron chi connectivity index (χ1n) is 9.28. The SMILES string of the molecule is O=C(Nc1ccc(-c2ccc(N3CCOCC3)nn2)cc1)Nc1ccccc1Cl. The standard InChI is InChI=1S/C21H20ClN5O2/c22-17-3-1-2-4-19(17)24-21(28)23-16-7-5-15(6-8-16)18-9-10-20(26-25-18)27-11-13-29-14-12-27/h1-10H,11-14H2,(H2,23,24,28). The number of rotatable bonds is 4. The van der Waals surface area contributed by atoms with E-state index in [1.54, 1.807) is 18.2 Å². The highest BCUT2D eigenvalue weighted by molar-refractivity contribution is 6.33. The van der Waals surface area contributed by atoms with Gasteiger partial charge in [-0.1, -0.05) is 35.9 Å². The fourth-order valence-electron chi connectivity index (χ4n) is 3.01. The van der Waals surface area contributed by atoms with Crippen LogP contribution in [-0.2, 0) is 4.74 Å². The van der Waals surface area contributed by atoms with Gasteiger partial charge in [-0.3, -0.25) is 0 Å². The van der Waals surface area contributed by atoms with E-state index in [9.17, 15) is 4.79 Å². The average molecular weight is 410 g/mol. The molecule has 7 nitrogen and oxygen atoms in total.